The fraction of sp³-hybridized carbons (Fsp3) is 0.208. The largest absolute Gasteiger partial charge is 0.462 e. The Bertz CT molecular complexity index is 1340. The molecule has 0 spiro atoms. The zero-order chi connectivity index (χ0) is 20.7. The molecule has 4 aromatic rings. The summed E-state index contributed by atoms with van der Waals surface area (Å²) in [5, 5.41) is 1.87. The van der Waals surface area contributed by atoms with Crippen molar-refractivity contribution >= 4 is 27.6 Å². The van der Waals surface area contributed by atoms with Crippen molar-refractivity contribution in [3.05, 3.63) is 81.4 Å². The molecule has 2 aromatic carbocycles. The number of carbonyl (C=O) groups is 1. The lowest BCUT2D eigenvalue weighted by Crippen LogP contribution is -2.22. The van der Waals surface area contributed by atoms with Crippen molar-refractivity contribution in [1.82, 2.24) is 9.55 Å². The Labute approximate surface area is 168 Å². The molecule has 4 rings (SSSR count). The first-order chi connectivity index (χ1) is 13.9. The maximum absolute atomic E-state index is 13.7. The molecule has 5 nitrogen and oxygen atoms in total. The fourth-order valence-corrected chi connectivity index (χ4v) is 3.96. The number of hydrogen-bond acceptors (Lipinski definition) is 4. The smallest absolute Gasteiger partial charge is 0.340 e. The van der Waals surface area contributed by atoms with Gasteiger partial charge in [0, 0.05) is 16.5 Å². The topological polar surface area (TPSA) is 61.2 Å². The highest BCUT2D eigenvalue weighted by Crippen LogP contribution is 2.31. The highest BCUT2D eigenvalue weighted by Gasteiger charge is 2.23. The third-order valence-electron chi connectivity index (χ3n) is 5.13. The molecule has 0 aliphatic carbocycles. The van der Waals surface area contributed by atoms with E-state index in [2.05, 4.69) is 4.98 Å². The Hall–Kier alpha value is -3.47. The van der Waals surface area contributed by atoms with Crippen molar-refractivity contribution in [3.63, 3.8) is 0 Å². The van der Waals surface area contributed by atoms with Crippen molar-refractivity contribution in [3.8, 4) is 5.69 Å². The summed E-state index contributed by atoms with van der Waals surface area (Å²) in [5.74, 6) is -0.458. The maximum Gasteiger partial charge on any atom is 0.340 e. The van der Waals surface area contributed by atoms with E-state index in [1.807, 2.05) is 55.5 Å². The van der Waals surface area contributed by atoms with E-state index in [0.29, 0.717) is 27.7 Å². The zero-order valence-electron chi connectivity index (χ0n) is 16.9. The number of para-hydroxylation sites is 1. The lowest BCUT2D eigenvalue weighted by molar-refractivity contribution is 0.0527. The Balaban J connectivity index is 2.27. The summed E-state index contributed by atoms with van der Waals surface area (Å²) in [5.41, 5.74) is 3.91. The zero-order valence-corrected chi connectivity index (χ0v) is 16.9. The second-order valence-corrected chi connectivity index (χ2v) is 7.12. The number of ether oxygens (including phenoxy) is 1. The molecule has 0 unspecified atom stereocenters. The molecule has 0 amide bonds. The van der Waals surface area contributed by atoms with E-state index in [1.54, 1.807) is 25.3 Å². The van der Waals surface area contributed by atoms with E-state index in [4.69, 9.17) is 4.74 Å². The van der Waals surface area contributed by atoms with Gasteiger partial charge in [-0.3, -0.25) is 14.3 Å². The van der Waals surface area contributed by atoms with Gasteiger partial charge in [-0.2, -0.15) is 0 Å². The average molecular weight is 386 g/mol. The van der Waals surface area contributed by atoms with Crippen molar-refractivity contribution < 1.29 is 9.53 Å². The van der Waals surface area contributed by atoms with Gasteiger partial charge in [-0.05, 0) is 51.5 Å². The molecule has 0 radical (unpaired) electrons. The van der Waals surface area contributed by atoms with Crippen LogP contribution in [-0.4, -0.2) is 22.1 Å². The molecule has 29 heavy (non-hydrogen) atoms. The van der Waals surface area contributed by atoms with Gasteiger partial charge in [-0.15, -0.1) is 0 Å². The van der Waals surface area contributed by atoms with Gasteiger partial charge in [-0.25, -0.2) is 4.79 Å². The van der Waals surface area contributed by atoms with Crippen molar-refractivity contribution in [2.24, 2.45) is 0 Å². The minimum Gasteiger partial charge on any atom is -0.462 e. The quantitative estimate of drug-likeness (QED) is 0.380. The second kappa shape index (κ2) is 7.17. The highest BCUT2D eigenvalue weighted by molar-refractivity contribution is 6.16. The summed E-state index contributed by atoms with van der Waals surface area (Å²) in [6, 6.07) is 15.5. The van der Waals surface area contributed by atoms with Crippen LogP contribution < -0.4 is 5.56 Å². The van der Waals surface area contributed by atoms with Crippen LogP contribution in [0.25, 0.3) is 27.4 Å². The minimum atomic E-state index is -0.458. The van der Waals surface area contributed by atoms with Crippen LogP contribution in [-0.2, 0) is 4.74 Å². The van der Waals surface area contributed by atoms with Crippen LogP contribution in [0.2, 0.25) is 0 Å². The third-order valence-corrected chi connectivity index (χ3v) is 5.13. The van der Waals surface area contributed by atoms with Gasteiger partial charge in [0.05, 0.1) is 34.5 Å². The van der Waals surface area contributed by atoms with Crippen LogP contribution in [0.5, 0.6) is 0 Å². The monoisotopic (exact) mass is 386 g/mol. The Morgan fingerprint density at radius 2 is 1.76 bits per heavy atom. The number of esters is 1. The number of aromatic nitrogens is 2. The van der Waals surface area contributed by atoms with Gasteiger partial charge >= 0.3 is 5.97 Å². The Kier molecular flexibility index (Phi) is 4.66. The number of nitrogens with zero attached hydrogens (tertiary/aromatic N) is 2. The molecule has 0 aliphatic heterocycles. The van der Waals surface area contributed by atoms with Crippen LogP contribution in [0, 0.1) is 20.8 Å². The molecule has 0 saturated carbocycles. The molecular formula is C24H22N2O3. The van der Waals surface area contributed by atoms with Crippen molar-refractivity contribution in [2.75, 3.05) is 6.61 Å². The number of fused-ring (bicyclic) bond motifs is 3. The van der Waals surface area contributed by atoms with Crippen LogP contribution in [0.4, 0.5) is 0 Å². The van der Waals surface area contributed by atoms with Gasteiger partial charge in [0.1, 0.15) is 0 Å². The van der Waals surface area contributed by atoms with Crippen LogP contribution >= 0.6 is 0 Å². The first-order valence-electron chi connectivity index (χ1n) is 9.62. The summed E-state index contributed by atoms with van der Waals surface area (Å²) in [4.78, 5) is 31.0. The molecule has 2 aromatic heterocycles. The summed E-state index contributed by atoms with van der Waals surface area (Å²) in [7, 11) is 0. The molecular weight excluding hydrogens is 364 g/mol. The Morgan fingerprint density at radius 3 is 2.48 bits per heavy atom. The number of aryl methyl sites for hydroxylation is 3. The van der Waals surface area contributed by atoms with E-state index in [-0.39, 0.29) is 12.2 Å². The second-order valence-electron chi connectivity index (χ2n) is 7.12. The number of rotatable bonds is 3. The molecule has 0 atom stereocenters. The van der Waals surface area contributed by atoms with Crippen LogP contribution in [0.15, 0.2) is 53.3 Å². The van der Waals surface area contributed by atoms with E-state index >= 15 is 0 Å². The molecule has 5 heteroatoms. The summed E-state index contributed by atoms with van der Waals surface area (Å²) in [6.45, 7) is 7.60. The van der Waals surface area contributed by atoms with Gasteiger partial charge in [-0.1, -0.05) is 30.3 Å². The average Bonchev–Trinajstić information content (AvgIpc) is 2.68. The van der Waals surface area contributed by atoms with Crippen molar-refractivity contribution in [2.45, 2.75) is 27.7 Å². The summed E-state index contributed by atoms with van der Waals surface area (Å²) < 4.78 is 6.99. The summed E-state index contributed by atoms with van der Waals surface area (Å²) >= 11 is 0. The van der Waals surface area contributed by atoms with Crippen molar-refractivity contribution in [1.29, 1.82) is 0 Å². The first kappa shape index (κ1) is 18.9. The Morgan fingerprint density at radius 1 is 1.00 bits per heavy atom. The van der Waals surface area contributed by atoms with E-state index in [1.165, 1.54) is 0 Å². The number of carbonyl (C=O) groups excluding carboxylic acids is 1. The third kappa shape index (κ3) is 2.99. The van der Waals surface area contributed by atoms with E-state index < -0.39 is 5.97 Å². The molecule has 0 bridgehead atoms. The minimum absolute atomic E-state index is 0.195. The highest BCUT2D eigenvalue weighted by atomic mass is 16.5. The van der Waals surface area contributed by atoms with Gasteiger partial charge in [0.25, 0.3) is 5.56 Å². The molecule has 0 fully saturated rings. The molecule has 146 valence electrons. The lowest BCUT2D eigenvalue weighted by Gasteiger charge is -2.17. The molecule has 0 aliphatic rings. The molecule has 0 N–H and O–H groups in total. The van der Waals surface area contributed by atoms with Gasteiger partial charge < -0.3 is 4.74 Å². The van der Waals surface area contributed by atoms with Gasteiger partial charge in [0.2, 0.25) is 0 Å². The molecule has 0 saturated heterocycles. The number of hydrogen-bond donors (Lipinski definition) is 0. The van der Waals surface area contributed by atoms with Crippen LogP contribution in [0.1, 0.15) is 34.2 Å². The number of pyridine rings is 2. The maximum atomic E-state index is 13.7. The lowest BCUT2D eigenvalue weighted by atomic mass is 9.98. The standard InChI is InChI=1S/C24H22N2O3/c1-5-29-24(28)21-16(4)25-15(3)20-22(21)18-11-6-7-12-19(18)26(23(20)27)17-10-8-9-14(2)13-17/h6-13H,5H2,1-4H3. The predicted octanol–water partition coefficient (Wildman–Crippen LogP) is 4.64. The predicted molar refractivity (Wildman–Crippen MR) is 115 cm³/mol. The summed E-state index contributed by atoms with van der Waals surface area (Å²) in [6.07, 6.45) is 0. The normalized spacial score (nSPS) is 11.2. The van der Waals surface area contributed by atoms with Crippen LogP contribution in [0.3, 0.4) is 0 Å². The van der Waals surface area contributed by atoms with E-state index in [0.717, 1.165) is 22.2 Å². The fourth-order valence-electron chi connectivity index (χ4n) is 3.96. The van der Waals surface area contributed by atoms with Gasteiger partial charge in [0.15, 0.2) is 0 Å². The van der Waals surface area contributed by atoms with E-state index in [9.17, 15) is 9.59 Å². The molecule has 2 heterocycles. The number of benzene rings is 2. The first-order valence-corrected chi connectivity index (χ1v) is 9.62. The SMILES string of the molecule is CCOC(=O)c1c(C)nc(C)c2c(=O)n(-c3cccc(C)c3)c3ccccc3c12.